The van der Waals surface area contributed by atoms with Crippen LogP contribution in [0.5, 0.6) is 5.75 Å². The zero-order valence-corrected chi connectivity index (χ0v) is 17.4. The van der Waals surface area contributed by atoms with Crippen molar-refractivity contribution in [2.45, 2.75) is 0 Å². The van der Waals surface area contributed by atoms with Gasteiger partial charge in [-0.2, -0.15) is 0 Å². The summed E-state index contributed by atoms with van der Waals surface area (Å²) in [7, 11) is 3.53. The Kier molecular flexibility index (Phi) is 5.98. The average molecular weight is 414 g/mol. The molecule has 0 unspecified atom stereocenters. The molecular formula is C21H27FN6O2. The van der Waals surface area contributed by atoms with E-state index in [9.17, 15) is 9.18 Å². The number of benzene rings is 1. The maximum absolute atomic E-state index is 13.9. The van der Waals surface area contributed by atoms with Gasteiger partial charge in [-0.05, 0) is 25.2 Å². The molecule has 0 aliphatic carbocycles. The number of halogens is 1. The number of methoxy groups -OCH3 is 1. The first-order valence-electron chi connectivity index (χ1n) is 10.2. The lowest BCUT2D eigenvalue weighted by Gasteiger charge is -2.36. The van der Waals surface area contributed by atoms with E-state index in [0.29, 0.717) is 31.7 Å². The number of hydrogen-bond donors (Lipinski definition) is 0. The summed E-state index contributed by atoms with van der Waals surface area (Å²) in [5.41, 5.74) is 0.334. The van der Waals surface area contributed by atoms with E-state index in [-0.39, 0.29) is 11.7 Å². The van der Waals surface area contributed by atoms with Crippen LogP contribution in [0.2, 0.25) is 0 Å². The first-order chi connectivity index (χ1) is 14.5. The molecule has 30 heavy (non-hydrogen) atoms. The van der Waals surface area contributed by atoms with Gasteiger partial charge in [0.15, 0.2) is 11.6 Å². The molecule has 2 aliphatic heterocycles. The van der Waals surface area contributed by atoms with E-state index in [1.54, 1.807) is 17.3 Å². The number of aromatic nitrogens is 2. The highest BCUT2D eigenvalue weighted by Crippen LogP contribution is 2.22. The Labute approximate surface area is 175 Å². The van der Waals surface area contributed by atoms with Crippen molar-refractivity contribution in [1.82, 2.24) is 19.8 Å². The van der Waals surface area contributed by atoms with Gasteiger partial charge in [-0.15, -0.1) is 0 Å². The van der Waals surface area contributed by atoms with Gasteiger partial charge >= 0.3 is 0 Å². The van der Waals surface area contributed by atoms with Gasteiger partial charge in [0.1, 0.15) is 18.0 Å². The Bertz CT molecular complexity index is 895. The van der Waals surface area contributed by atoms with Crippen molar-refractivity contribution in [3.8, 4) is 5.75 Å². The Balaban J connectivity index is 1.38. The van der Waals surface area contributed by atoms with Gasteiger partial charge < -0.3 is 24.3 Å². The number of piperazine rings is 2. The molecule has 1 aromatic heterocycles. The number of hydrogen-bond acceptors (Lipinski definition) is 7. The molecule has 2 aliphatic rings. The summed E-state index contributed by atoms with van der Waals surface area (Å²) in [4.78, 5) is 30.1. The lowest BCUT2D eigenvalue weighted by molar-refractivity contribution is 0.0746. The maximum Gasteiger partial charge on any atom is 0.254 e. The van der Waals surface area contributed by atoms with Crippen molar-refractivity contribution < 1.29 is 13.9 Å². The molecule has 0 N–H and O–H groups in total. The van der Waals surface area contributed by atoms with E-state index in [1.807, 2.05) is 6.07 Å². The van der Waals surface area contributed by atoms with E-state index in [4.69, 9.17) is 4.74 Å². The van der Waals surface area contributed by atoms with E-state index < -0.39 is 5.82 Å². The summed E-state index contributed by atoms with van der Waals surface area (Å²) in [5, 5.41) is 0. The van der Waals surface area contributed by atoms with Crippen LogP contribution in [0.25, 0.3) is 0 Å². The third-order valence-corrected chi connectivity index (χ3v) is 5.76. The molecule has 160 valence electrons. The van der Waals surface area contributed by atoms with Crippen molar-refractivity contribution >= 4 is 17.5 Å². The predicted octanol–water partition coefficient (Wildman–Crippen LogP) is 1.34. The van der Waals surface area contributed by atoms with E-state index >= 15 is 0 Å². The summed E-state index contributed by atoms with van der Waals surface area (Å²) in [6, 6.07) is 6.35. The number of amides is 1. The zero-order chi connectivity index (χ0) is 21.1. The molecule has 0 saturated carbocycles. The molecule has 9 heteroatoms. The molecule has 1 amide bonds. The Morgan fingerprint density at radius 2 is 1.53 bits per heavy atom. The van der Waals surface area contributed by atoms with Gasteiger partial charge in [0, 0.05) is 64.0 Å². The van der Waals surface area contributed by atoms with Crippen LogP contribution >= 0.6 is 0 Å². The van der Waals surface area contributed by atoms with E-state index in [2.05, 4.69) is 31.7 Å². The highest BCUT2D eigenvalue weighted by Gasteiger charge is 2.24. The standard InChI is InChI=1S/C21H27FN6O2/c1-25-5-7-26(8-6-25)19-14-20(24-15-23-19)27-9-11-28(12-10-27)21(29)16-3-4-18(30-2)17(22)13-16/h3-4,13-15H,5-12H2,1-2H3. The van der Waals surface area contributed by atoms with Crippen molar-refractivity contribution in [3.05, 3.63) is 42.0 Å². The van der Waals surface area contributed by atoms with E-state index in [1.165, 1.54) is 19.2 Å². The Hall–Kier alpha value is -2.94. The highest BCUT2D eigenvalue weighted by molar-refractivity contribution is 5.94. The maximum atomic E-state index is 13.9. The molecule has 4 rings (SSSR count). The minimum absolute atomic E-state index is 0.135. The van der Waals surface area contributed by atoms with Crippen molar-refractivity contribution in [1.29, 1.82) is 0 Å². The summed E-state index contributed by atoms with van der Waals surface area (Å²) in [6.45, 7) is 6.40. The van der Waals surface area contributed by atoms with Gasteiger partial charge in [-0.3, -0.25) is 4.79 Å². The van der Waals surface area contributed by atoms with Crippen LogP contribution in [0.3, 0.4) is 0 Å². The van der Waals surface area contributed by atoms with Gasteiger partial charge in [0.25, 0.3) is 5.91 Å². The molecule has 0 radical (unpaired) electrons. The third kappa shape index (κ3) is 4.30. The lowest BCUT2D eigenvalue weighted by atomic mass is 10.1. The quantitative estimate of drug-likeness (QED) is 0.748. The monoisotopic (exact) mass is 414 g/mol. The second-order valence-electron chi connectivity index (χ2n) is 7.65. The van der Waals surface area contributed by atoms with Crippen LogP contribution in [0.1, 0.15) is 10.4 Å². The number of ether oxygens (including phenoxy) is 1. The minimum atomic E-state index is -0.528. The Morgan fingerprint density at radius 3 is 2.10 bits per heavy atom. The van der Waals surface area contributed by atoms with Crippen molar-refractivity contribution in [2.24, 2.45) is 0 Å². The van der Waals surface area contributed by atoms with E-state index in [0.717, 1.165) is 37.8 Å². The smallest absolute Gasteiger partial charge is 0.254 e. The molecule has 8 nitrogen and oxygen atoms in total. The van der Waals surface area contributed by atoms with Crippen LogP contribution in [0.15, 0.2) is 30.6 Å². The van der Waals surface area contributed by atoms with Crippen LogP contribution in [0.4, 0.5) is 16.0 Å². The number of carbonyl (C=O) groups is 1. The SMILES string of the molecule is COc1ccc(C(=O)N2CCN(c3cc(N4CCN(C)CC4)ncn3)CC2)cc1F. The minimum Gasteiger partial charge on any atom is -0.494 e. The Morgan fingerprint density at radius 1 is 0.933 bits per heavy atom. The summed E-state index contributed by atoms with van der Waals surface area (Å²) < 4.78 is 18.9. The van der Waals surface area contributed by atoms with Crippen molar-refractivity contribution in [2.75, 3.05) is 76.3 Å². The number of nitrogens with zero attached hydrogens (tertiary/aromatic N) is 6. The number of rotatable bonds is 4. The average Bonchev–Trinajstić information content (AvgIpc) is 2.79. The summed E-state index contributed by atoms with van der Waals surface area (Å²) in [5.74, 6) is 1.26. The fourth-order valence-corrected chi connectivity index (χ4v) is 3.84. The lowest BCUT2D eigenvalue weighted by Crippen LogP contribution is -2.49. The molecule has 2 saturated heterocycles. The normalized spacial score (nSPS) is 17.9. The first-order valence-corrected chi connectivity index (χ1v) is 10.2. The van der Waals surface area contributed by atoms with Gasteiger partial charge in [0.2, 0.25) is 0 Å². The number of likely N-dealkylation sites (N-methyl/N-ethyl adjacent to an activating group) is 1. The second kappa shape index (κ2) is 8.83. The zero-order valence-electron chi connectivity index (χ0n) is 17.4. The molecule has 1 aromatic carbocycles. The third-order valence-electron chi connectivity index (χ3n) is 5.76. The topological polar surface area (TPSA) is 65.0 Å². The van der Waals surface area contributed by atoms with Crippen LogP contribution in [-0.2, 0) is 0 Å². The number of carbonyl (C=O) groups excluding carboxylic acids is 1. The molecule has 2 fully saturated rings. The molecular weight excluding hydrogens is 387 g/mol. The molecule has 3 heterocycles. The molecule has 0 atom stereocenters. The fraction of sp³-hybridized carbons (Fsp3) is 0.476. The second-order valence-corrected chi connectivity index (χ2v) is 7.65. The fourth-order valence-electron chi connectivity index (χ4n) is 3.84. The van der Waals surface area contributed by atoms with Crippen molar-refractivity contribution in [3.63, 3.8) is 0 Å². The molecule has 0 spiro atoms. The van der Waals surface area contributed by atoms with Crippen LogP contribution in [0, 0.1) is 5.82 Å². The summed E-state index contributed by atoms with van der Waals surface area (Å²) in [6.07, 6.45) is 1.61. The molecule has 0 bridgehead atoms. The highest BCUT2D eigenvalue weighted by atomic mass is 19.1. The largest absolute Gasteiger partial charge is 0.494 e. The van der Waals surface area contributed by atoms with Crippen LogP contribution in [-0.4, -0.2) is 92.2 Å². The predicted molar refractivity (Wildman–Crippen MR) is 113 cm³/mol. The van der Waals surface area contributed by atoms with Gasteiger partial charge in [-0.1, -0.05) is 0 Å². The summed E-state index contributed by atoms with van der Waals surface area (Å²) >= 11 is 0. The van der Waals surface area contributed by atoms with Crippen LogP contribution < -0.4 is 14.5 Å². The van der Waals surface area contributed by atoms with Gasteiger partial charge in [0.05, 0.1) is 7.11 Å². The first kappa shape index (κ1) is 20.3. The number of anilines is 2. The van der Waals surface area contributed by atoms with Gasteiger partial charge in [-0.25, -0.2) is 14.4 Å². The molecule has 2 aromatic rings.